The van der Waals surface area contributed by atoms with E-state index < -0.39 is 0 Å². The van der Waals surface area contributed by atoms with Crippen LogP contribution in [0.3, 0.4) is 0 Å². The quantitative estimate of drug-likeness (QED) is 0.683. The van der Waals surface area contributed by atoms with E-state index >= 15 is 0 Å². The molecule has 0 atom stereocenters. The van der Waals surface area contributed by atoms with Crippen LogP contribution in [-0.4, -0.2) is 12.6 Å². The third-order valence-corrected chi connectivity index (χ3v) is 3.33. The van der Waals surface area contributed by atoms with Gasteiger partial charge in [0.15, 0.2) is 0 Å². The van der Waals surface area contributed by atoms with Crippen LogP contribution in [0.25, 0.3) is 0 Å². The SMILES string of the molecule is CCOC(=O)C1=C(C(C)C)CCC(C)(C)C1. The number of carbonyl (C=O) groups is 1. The Bertz CT molecular complexity index is 298. The standard InChI is InChI=1S/C14H24O2/c1-6-16-13(15)12-9-14(4,5)8-7-11(12)10(2)3/h10H,6-9H2,1-5H3. The Morgan fingerprint density at radius 2 is 2.06 bits per heavy atom. The number of ether oxygens (including phenoxy) is 1. The molecule has 0 unspecified atom stereocenters. The van der Waals surface area contributed by atoms with Crippen molar-refractivity contribution < 1.29 is 9.53 Å². The minimum Gasteiger partial charge on any atom is -0.463 e. The average Bonchev–Trinajstić information content (AvgIpc) is 2.16. The van der Waals surface area contributed by atoms with Crippen LogP contribution in [0.15, 0.2) is 11.1 Å². The van der Waals surface area contributed by atoms with Crippen LogP contribution in [0.2, 0.25) is 0 Å². The third kappa shape index (κ3) is 3.10. The first-order valence-electron chi connectivity index (χ1n) is 6.26. The molecule has 0 radical (unpaired) electrons. The molecule has 0 fully saturated rings. The Balaban J connectivity index is 2.98. The summed E-state index contributed by atoms with van der Waals surface area (Å²) in [5, 5.41) is 0. The molecule has 0 aromatic heterocycles. The molecule has 0 N–H and O–H groups in total. The highest BCUT2D eigenvalue weighted by Crippen LogP contribution is 2.41. The zero-order chi connectivity index (χ0) is 12.3. The highest BCUT2D eigenvalue weighted by atomic mass is 16.5. The fourth-order valence-corrected chi connectivity index (χ4v) is 2.36. The molecule has 0 aliphatic heterocycles. The van der Waals surface area contributed by atoms with Gasteiger partial charge in [0.2, 0.25) is 0 Å². The maximum atomic E-state index is 11.9. The lowest BCUT2D eigenvalue weighted by Crippen LogP contribution is -2.25. The molecule has 0 spiro atoms. The van der Waals surface area contributed by atoms with E-state index in [1.807, 2.05) is 6.92 Å². The van der Waals surface area contributed by atoms with Gasteiger partial charge in [-0.05, 0) is 37.5 Å². The second-order valence-corrected chi connectivity index (χ2v) is 5.72. The van der Waals surface area contributed by atoms with Crippen LogP contribution in [0.4, 0.5) is 0 Å². The molecule has 0 aromatic rings. The molecule has 2 heteroatoms. The first-order valence-corrected chi connectivity index (χ1v) is 6.26. The summed E-state index contributed by atoms with van der Waals surface area (Å²) in [5.41, 5.74) is 2.48. The number of carbonyl (C=O) groups excluding carboxylic acids is 1. The smallest absolute Gasteiger partial charge is 0.333 e. The predicted octanol–water partition coefficient (Wildman–Crippen LogP) is 3.71. The maximum absolute atomic E-state index is 11.9. The van der Waals surface area contributed by atoms with Gasteiger partial charge in [-0.3, -0.25) is 0 Å². The van der Waals surface area contributed by atoms with Crippen LogP contribution in [0.1, 0.15) is 53.9 Å². The molecule has 1 aliphatic rings. The van der Waals surface area contributed by atoms with E-state index in [2.05, 4.69) is 27.7 Å². The summed E-state index contributed by atoms with van der Waals surface area (Å²) in [6.45, 7) is 11.1. The van der Waals surface area contributed by atoms with Crippen LogP contribution in [0.5, 0.6) is 0 Å². The highest BCUT2D eigenvalue weighted by Gasteiger charge is 2.31. The van der Waals surface area contributed by atoms with Gasteiger partial charge in [-0.25, -0.2) is 4.79 Å². The molecule has 0 heterocycles. The number of hydrogen-bond acceptors (Lipinski definition) is 2. The van der Waals surface area contributed by atoms with E-state index in [1.165, 1.54) is 12.0 Å². The molecule has 0 aromatic carbocycles. The Morgan fingerprint density at radius 3 is 2.56 bits per heavy atom. The zero-order valence-corrected chi connectivity index (χ0v) is 11.2. The van der Waals surface area contributed by atoms with Gasteiger partial charge in [-0.1, -0.05) is 33.3 Å². The minimum atomic E-state index is -0.0982. The van der Waals surface area contributed by atoms with Gasteiger partial charge in [-0.2, -0.15) is 0 Å². The maximum Gasteiger partial charge on any atom is 0.333 e. The summed E-state index contributed by atoms with van der Waals surface area (Å²) in [4.78, 5) is 11.9. The van der Waals surface area contributed by atoms with Gasteiger partial charge < -0.3 is 4.74 Å². The molecule has 1 rings (SSSR count). The predicted molar refractivity (Wildman–Crippen MR) is 66.1 cm³/mol. The van der Waals surface area contributed by atoms with Gasteiger partial charge in [0.25, 0.3) is 0 Å². The van der Waals surface area contributed by atoms with Crippen LogP contribution >= 0.6 is 0 Å². The summed E-state index contributed by atoms with van der Waals surface area (Å²) in [7, 11) is 0. The second kappa shape index (κ2) is 5.03. The van der Waals surface area contributed by atoms with Crippen molar-refractivity contribution in [2.75, 3.05) is 6.61 Å². The lowest BCUT2D eigenvalue weighted by Gasteiger charge is -2.33. The molecule has 0 bridgehead atoms. The first-order chi connectivity index (χ1) is 7.37. The minimum absolute atomic E-state index is 0.0982. The van der Waals surface area contributed by atoms with E-state index in [1.54, 1.807) is 0 Å². The monoisotopic (exact) mass is 224 g/mol. The number of allylic oxidation sites excluding steroid dienone is 1. The third-order valence-electron chi connectivity index (χ3n) is 3.33. The number of esters is 1. The van der Waals surface area contributed by atoms with Crippen molar-refractivity contribution in [2.45, 2.75) is 53.9 Å². The molecular formula is C14H24O2. The topological polar surface area (TPSA) is 26.3 Å². The van der Waals surface area contributed by atoms with Gasteiger partial charge >= 0.3 is 5.97 Å². The van der Waals surface area contributed by atoms with E-state index in [4.69, 9.17) is 4.74 Å². The second-order valence-electron chi connectivity index (χ2n) is 5.72. The van der Waals surface area contributed by atoms with Crippen molar-refractivity contribution >= 4 is 5.97 Å². The van der Waals surface area contributed by atoms with Crippen molar-refractivity contribution in [1.82, 2.24) is 0 Å². The lowest BCUT2D eigenvalue weighted by molar-refractivity contribution is -0.139. The highest BCUT2D eigenvalue weighted by molar-refractivity contribution is 5.89. The van der Waals surface area contributed by atoms with Crippen LogP contribution < -0.4 is 0 Å². The molecule has 0 saturated carbocycles. The molecule has 0 amide bonds. The number of hydrogen-bond donors (Lipinski definition) is 0. The van der Waals surface area contributed by atoms with Crippen molar-refractivity contribution in [2.24, 2.45) is 11.3 Å². The molecular weight excluding hydrogens is 200 g/mol. The van der Waals surface area contributed by atoms with E-state index in [0.29, 0.717) is 12.5 Å². The van der Waals surface area contributed by atoms with Crippen molar-refractivity contribution in [1.29, 1.82) is 0 Å². The van der Waals surface area contributed by atoms with Gasteiger partial charge in [0, 0.05) is 5.57 Å². The Kier molecular flexibility index (Phi) is 4.17. The van der Waals surface area contributed by atoms with Crippen molar-refractivity contribution in [3.8, 4) is 0 Å². The Labute approximate surface area is 99.1 Å². The fraction of sp³-hybridized carbons (Fsp3) is 0.786. The summed E-state index contributed by atoms with van der Waals surface area (Å²) >= 11 is 0. The Morgan fingerprint density at radius 1 is 1.44 bits per heavy atom. The summed E-state index contributed by atoms with van der Waals surface area (Å²) in [5.74, 6) is 0.356. The lowest BCUT2D eigenvalue weighted by atomic mass is 9.72. The van der Waals surface area contributed by atoms with E-state index in [-0.39, 0.29) is 11.4 Å². The molecule has 92 valence electrons. The van der Waals surface area contributed by atoms with E-state index in [9.17, 15) is 4.79 Å². The average molecular weight is 224 g/mol. The fourth-order valence-electron chi connectivity index (χ4n) is 2.36. The largest absolute Gasteiger partial charge is 0.463 e. The normalized spacial score (nSPS) is 20.1. The van der Waals surface area contributed by atoms with Crippen molar-refractivity contribution in [3.63, 3.8) is 0 Å². The van der Waals surface area contributed by atoms with Gasteiger partial charge in [-0.15, -0.1) is 0 Å². The summed E-state index contributed by atoms with van der Waals surface area (Å²) in [6.07, 6.45) is 3.07. The Hall–Kier alpha value is -0.790. The number of rotatable bonds is 3. The van der Waals surface area contributed by atoms with Crippen LogP contribution in [0, 0.1) is 11.3 Å². The first kappa shape index (κ1) is 13.3. The van der Waals surface area contributed by atoms with Crippen LogP contribution in [-0.2, 0) is 9.53 Å². The van der Waals surface area contributed by atoms with Crippen molar-refractivity contribution in [3.05, 3.63) is 11.1 Å². The molecule has 0 saturated heterocycles. The zero-order valence-electron chi connectivity index (χ0n) is 11.2. The van der Waals surface area contributed by atoms with E-state index in [0.717, 1.165) is 18.4 Å². The van der Waals surface area contributed by atoms with Gasteiger partial charge in [0.1, 0.15) is 0 Å². The van der Waals surface area contributed by atoms with Gasteiger partial charge in [0.05, 0.1) is 6.61 Å². The molecule has 16 heavy (non-hydrogen) atoms. The molecule has 1 aliphatic carbocycles. The molecule has 2 nitrogen and oxygen atoms in total. The summed E-state index contributed by atoms with van der Waals surface area (Å²) in [6, 6.07) is 0. The summed E-state index contributed by atoms with van der Waals surface area (Å²) < 4.78 is 5.16.